The van der Waals surface area contributed by atoms with Crippen LogP contribution < -0.4 is 20.1 Å². The van der Waals surface area contributed by atoms with Gasteiger partial charge in [0.05, 0.1) is 39.3 Å². The molecule has 0 saturated carbocycles. The van der Waals surface area contributed by atoms with Gasteiger partial charge in [-0.15, -0.1) is 10.2 Å². The molecule has 284 valence electrons. The Hall–Kier alpha value is -5.55. The molecule has 2 aromatic heterocycles. The summed E-state index contributed by atoms with van der Waals surface area (Å²) in [6.07, 6.45) is 4.00. The van der Waals surface area contributed by atoms with E-state index < -0.39 is 53.9 Å². The molecular weight excluding hydrogens is 680 g/mol. The summed E-state index contributed by atoms with van der Waals surface area (Å²) in [4.78, 5) is 62.3. The van der Waals surface area contributed by atoms with E-state index in [0.29, 0.717) is 24.2 Å². The molecule has 18 nitrogen and oxygen atoms in total. The van der Waals surface area contributed by atoms with Crippen LogP contribution in [0.5, 0.6) is 11.5 Å². The first-order valence-electron chi connectivity index (χ1n) is 16.7. The van der Waals surface area contributed by atoms with Crippen LogP contribution in [0.2, 0.25) is 0 Å². The van der Waals surface area contributed by atoms with Crippen molar-refractivity contribution in [3.8, 4) is 11.5 Å². The number of hydrogen-bond donors (Lipinski definition) is 2. The van der Waals surface area contributed by atoms with Crippen molar-refractivity contribution in [2.75, 3.05) is 21.3 Å². The highest BCUT2D eigenvalue weighted by Gasteiger charge is 2.28. The normalized spacial score (nSPS) is 13.4. The number of benzene rings is 1. The third-order valence-electron chi connectivity index (χ3n) is 7.65. The molecule has 0 bridgehead atoms. The quantitative estimate of drug-likeness (QED) is 0.134. The molecule has 0 aliphatic rings. The molecule has 52 heavy (non-hydrogen) atoms. The minimum absolute atomic E-state index is 0.0686. The van der Waals surface area contributed by atoms with E-state index in [9.17, 15) is 24.0 Å². The van der Waals surface area contributed by atoms with Gasteiger partial charge < -0.3 is 34.3 Å². The largest absolute Gasteiger partial charge is 0.487 e. The third-order valence-corrected chi connectivity index (χ3v) is 7.65. The minimum atomic E-state index is -0.847. The molecular formula is C34H48N8O10. The zero-order valence-electron chi connectivity index (χ0n) is 30.9. The summed E-state index contributed by atoms with van der Waals surface area (Å²) in [5.74, 6) is -1.83. The maximum absolute atomic E-state index is 13.1. The van der Waals surface area contributed by atoms with Crippen molar-refractivity contribution in [2.24, 2.45) is 11.8 Å². The van der Waals surface area contributed by atoms with Crippen LogP contribution in [0.15, 0.2) is 30.6 Å². The highest BCUT2D eigenvalue weighted by atomic mass is 16.5. The van der Waals surface area contributed by atoms with Crippen LogP contribution in [0.25, 0.3) is 0 Å². The lowest BCUT2D eigenvalue weighted by atomic mass is 10.0. The molecule has 2 N–H and O–H groups in total. The molecule has 0 radical (unpaired) electrons. The van der Waals surface area contributed by atoms with Crippen LogP contribution in [0.4, 0.5) is 0 Å². The molecule has 3 rings (SSSR count). The molecule has 1 aromatic carbocycles. The summed E-state index contributed by atoms with van der Waals surface area (Å²) in [5.41, 5.74) is 0.946. The van der Waals surface area contributed by atoms with Gasteiger partial charge in [0.15, 0.2) is 0 Å². The summed E-state index contributed by atoms with van der Waals surface area (Å²) in [5, 5.41) is 21.9. The van der Waals surface area contributed by atoms with E-state index in [-0.39, 0.29) is 42.1 Å². The van der Waals surface area contributed by atoms with Crippen molar-refractivity contribution in [2.45, 2.75) is 91.8 Å². The molecule has 3 aromatic rings. The number of esters is 3. The Morgan fingerprint density at radius 1 is 0.635 bits per heavy atom. The molecule has 0 aliphatic carbocycles. The lowest BCUT2D eigenvalue weighted by molar-refractivity contribution is -0.145. The molecule has 18 heteroatoms. The first kappa shape index (κ1) is 40.9. The monoisotopic (exact) mass is 728 g/mol. The molecule has 4 atom stereocenters. The van der Waals surface area contributed by atoms with Gasteiger partial charge in [-0.05, 0) is 50.7 Å². The van der Waals surface area contributed by atoms with E-state index >= 15 is 0 Å². The Bertz CT molecular complexity index is 1580. The molecule has 0 spiro atoms. The standard InChI is InChI=1S/C34H48N8O10/c1-19(2)10-28(30(43)35-21(5)32(45)48-7)41-15-24(37-39-41)17-51-26-12-23(34(47)50-9)13-27(14-26)52-18-25-16-42(40-38-25)29(11-20(3)4)31(44)36-22(6)33(46)49-8/h12-16,19-22,28-29H,10-11,17-18H2,1-9H3,(H,35,43)(H,36,44)/t21-,22-,28-,29-/m0/s1. The van der Waals surface area contributed by atoms with Gasteiger partial charge in [0, 0.05) is 6.07 Å². The van der Waals surface area contributed by atoms with E-state index in [2.05, 4.69) is 31.3 Å². The number of rotatable bonds is 19. The van der Waals surface area contributed by atoms with Gasteiger partial charge in [0.1, 0.15) is 60.3 Å². The number of methoxy groups -OCH3 is 3. The van der Waals surface area contributed by atoms with Gasteiger partial charge in [0.2, 0.25) is 11.8 Å². The molecule has 0 aliphatic heterocycles. The highest BCUT2D eigenvalue weighted by Crippen LogP contribution is 2.26. The second-order valence-corrected chi connectivity index (χ2v) is 12.9. The van der Waals surface area contributed by atoms with Crippen molar-refractivity contribution in [3.05, 3.63) is 47.5 Å². The van der Waals surface area contributed by atoms with E-state index in [4.69, 9.17) is 23.7 Å². The maximum Gasteiger partial charge on any atom is 0.338 e. The molecule has 2 amide bonds. The average molecular weight is 729 g/mol. The van der Waals surface area contributed by atoms with Gasteiger partial charge in [-0.1, -0.05) is 38.1 Å². The minimum Gasteiger partial charge on any atom is -0.487 e. The fourth-order valence-electron chi connectivity index (χ4n) is 5.01. The van der Waals surface area contributed by atoms with E-state index in [1.807, 2.05) is 27.7 Å². The zero-order chi connectivity index (χ0) is 38.5. The van der Waals surface area contributed by atoms with Gasteiger partial charge in [0.25, 0.3) is 0 Å². The van der Waals surface area contributed by atoms with Crippen molar-refractivity contribution < 1.29 is 47.7 Å². The average Bonchev–Trinajstić information content (AvgIpc) is 3.79. The molecule has 0 fully saturated rings. The van der Waals surface area contributed by atoms with Crippen molar-refractivity contribution >= 4 is 29.7 Å². The van der Waals surface area contributed by atoms with E-state index in [0.717, 1.165) is 0 Å². The maximum atomic E-state index is 13.1. The summed E-state index contributed by atoms with van der Waals surface area (Å²) in [6, 6.07) is 1.34. The molecule has 2 heterocycles. The van der Waals surface area contributed by atoms with Gasteiger partial charge in [-0.3, -0.25) is 9.59 Å². The van der Waals surface area contributed by atoms with E-state index in [1.165, 1.54) is 56.7 Å². The first-order valence-corrected chi connectivity index (χ1v) is 16.7. The Morgan fingerprint density at radius 2 is 1.04 bits per heavy atom. The molecule has 0 unspecified atom stereocenters. The summed E-state index contributed by atoms with van der Waals surface area (Å²) >= 11 is 0. The van der Waals surface area contributed by atoms with Crippen molar-refractivity contribution in [1.82, 2.24) is 40.6 Å². The van der Waals surface area contributed by atoms with Crippen molar-refractivity contribution in [3.63, 3.8) is 0 Å². The van der Waals surface area contributed by atoms with E-state index in [1.54, 1.807) is 18.5 Å². The van der Waals surface area contributed by atoms with Crippen LogP contribution in [0, 0.1) is 11.8 Å². The Kier molecular flexibility index (Phi) is 15.1. The number of nitrogens with zero attached hydrogens (tertiary/aromatic N) is 6. The Morgan fingerprint density at radius 3 is 1.38 bits per heavy atom. The second-order valence-electron chi connectivity index (χ2n) is 12.9. The summed E-state index contributed by atoms with van der Waals surface area (Å²) in [6.45, 7) is 10.8. The fraction of sp³-hybridized carbons (Fsp3) is 0.559. The topological polar surface area (TPSA) is 217 Å². The second kappa shape index (κ2) is 19.2. The smallest absolute Gasteiger partial charge is 0.338 e. The zero-order valence-corrected chi connectivity index (χ0v) is 30.9. The SMILES string of the molecule is COC(=O)c1cc(OCc2cn([C@@H](CC(C)C)C(=O)N[C@@H](C)C(=O)OC)nn2)cc(OCc2cn([C@@H](CC(C)C)C(=O)N[C@@H](C)C(=O)OC)nn2)c1. The fourth-order valence-corrected chi connectivity index (χ4v) is 5.01. The number of aromatic nitrogens is 6. The first-order chi connectivity index (χ1) is 24.6. The van der Waals surface area contributed by atoms with Gasteiger partial charge in [-0.25, -0.2) is 23.7 Å². The number of carbonyl (C=O) groups excluding carboxylic acids is 5. The third kappa shape index (κ3) is 11.8. The summed E-state index contributed by atoms with van der Waals surface area (Å²) in [7, 11) is 3.74. The number of amides is 2. The van der Waals surface area contributed by atoms with Crippen LogP contribution in [0.3, 0.4) is 0 Å². The predicted octanol–water partition coefficient (Wildman–Crippen LogP) is 2.34. The lowest BCUT2D eigenvalue weighted by Gasteiger charge is -2.20. The van der Waals surface area contributed by atoms with Crippen LogP contribution in [0.1, 0.15) is 88.2 Å². The van der Waals surface area contributed by atoms with Crippen LogP contribution in [-0.2, 0) is 46.6 Å². The van der Waals surface area contributed by atoms with Gasteiger partial charge >= 0.3 is 17.9 Å². The number of carbonyl (C=O) groups is 5. The number of ether oxygens (including phenoxy) is 5. The Balaban J connectivity index is 1.74. The van der Waals surface area contributed by atoms with Crippen LogP contribution in [-0.4, -0.2) is 93.1 Å². The Labute approximate surface area is 301 Å². The van der Waals surface area contributed by atoms with Crippen LogP contribution >= 0.6 is 0 Å². The summed E-state index contributed by atoms with van der Waals surface area (Å²) < 4.78 is 29.0. The van der Waals surface area contributed by atoms with Gasteiger partial charge in [-0.2, -0.15) is 0 Å². The highest BCUT2D eigenvalue weighted by molar-refractivity contribution is 5.90. The molecule has 0 saturated heterocycles. The number of hydrogen-bond acceptors (Lipinski definition) is 14. The van der Waals surface area contributed by atoms with Crippen molar-refractivity contribution in [1.29, 1.82) is 0 Å². The number of nitrogens with one attached hydrogen (secondary N) is 2. The lowest BCUT2D eigenvalue weighted by Crippen LogP contribution is -2.43. The predicted molar refractivity (Wildman–Crippen MR) is 183 cm³/mol.